The van der Waals surface area contributed by atoms with Crippen LogP contribution >= 0.6 is 27.5 Å². The second-order valence-electron chi connectivity index (χ2n) is 4.13. The van der Waals surface area contributed by atoms with Crippen molar-refractivity contribution in [1.29, 1.82) is 0 Å². The molecule has 0 saturated carbocycles. The second-order valence-corrected chi connectivity index (χ2v) is 5.42. The standard InChI is InChI=1S/C14H9BrClNO4/c15-12-5-4-10(7-13(12)17(19)20)14(18)21-8-9-2-1-3-11(16)6-9/h1-7H,8H2. The van der Waals surface area contributed by atoms with Gasteiger partial charge in [-0.1, -0.05) is 23.7 Å². The molecule has 0 saturated heterocycles. The minimum Gasteiger partial charge on any atom is -0.457 e. The van der Waals surface area contributed by atoms with E-state index in [0.717, 1.165) is 5.56 Å². The molecule has 0 aliphatic rings. The third kappa shape index (κ3) is 4.03. The van der Waals surface area contributed by atoms with Crippen molar-refractivity contribution < 1.29 is 14.5 Å². The summed E-state index contributed by atoms with van der Waals surface area (Å²) in [5, 5.41) is 11.4. The normalized spacial score (nSPS) is 10.2. The van der Waals surface area contributed by atoms with Crippen molar-refractivity contribution in [1.82, 2.24) is 0 Å². The smallest absolute Gasteiger partial charge is 0.338 e. The van der Waals surface area contributed by atoms with Gasteiger partial charge in [0.05, 0.1) is 15.0 Å². The molecule has 0 aliphatic carbocycles. The molecule has 5 nitrogen and oxygen atoms in total. The van der Waals surface area contributed by atoms with Crippen LogP contribution in [0.25, 0.3) is 0 Å². The maximum Gasteiger partial charge on any atom is 0.338 e. The molecule has 0 bridgehead atoms. The van der Waals surface area contributed by atoms with Crippen LogP contribution in [0.2, 0.25) is 5.02 Å². The molecule has 0 atom stereocenters. The highest BCUT2D eigenvalue weighted by atomic mass is 79.9. The molecule has 0 unspecified atom stereocenters. The molecule has 2 aromatic rings. The van der Waals surface area contributed by atoms with Crippen LogP contribution in [0, 0.1) is 10.1 Å². The first kappa shape index (κ1) is 15.5. The van der Waals surface area contributed by atoms with Crippen molar-refractivity contribution in [3.05, 3.63) is 73.2 Å². The van der Waals surface area contributed by atoms with Crippen LogP contribution in [0.15, 0.2) is 46.9 Å². The monoisotopic (exact) mass is 369 g/mol. The fraction of sp³-hybridized carbons (Fsp3) is 0.0714. The minimum absolute atomic E-state index is 0.0449. The number of halogens is 2. The van der Waals surface area contributed by atoms with Gasteiger partial charge in [0.1, 0.15) is 6.61 Å². The van der Waals surface area contributed by atoms with Crippen LogP contribution in [-0.2, 0) is 11.3 Å². The van der Waals surface area contributed by atoms with E-state index in [1.165, 1.54) is 18.2 Å². The summed E-state index contributed by atoms with van der Waals surface area (Å²) in [4.78, 5) is 22.1. The van der Waals surface area contributed by atoms with Crippen LogP contribution in [0.3, 0.4) is 0 Å². The van der Waals surface area contributed by atoms with E-state index in [1.807, 2.05) is 0 Å². The number of hydrogen-bond acceptors (Lipinski definition) is 4. The van der Waals surface area contributed by atoms with E-state index in [-0.39, 0.29) is 17.9 Å². The number of benzene rings is 2. The Hall–Kier alpha value is -1.92. The first-order valence-electron chi connectivity index (χ1n) is 5.83. The van der Waals surface area contributed by atoms with Crippen LogP contribution in [0.4, 0.5) is 5.69 Å². The molecule has 0 aliphatic heterocycles. The Bertz CT molecular complexity index is 705. The van der Waals surface area contributed by atoms with Gasteiger partial charge in [0.15, 0.2) is 0 Å². The Morgan fingerprint density at radius 2 is 2.05 bits per heavy atom. The van der Waals surface area contributed by atoms with Gasteiger partial charge in [-0.25, -0.2) is 4.79 Å². The summed E-state index contributed by atoms with van der Waals surface area (Å²) in [5.41, 5.74) is 0.668. The molecule has 0 aromatic heterocycles. The lowest BCUT2D eigenvalue weighted by Gasteiger charge is -2.06. The van der Waals surface area contributed by atoms with Crippen LogP contribution in [0.1, 0.15) is 15.9 Å². The van der Waals surface area contributed by atoms with E-state index in [9.17, 15) is 14.9 Å². The first-order chi connectivity index (χ1) is 9.97. The molecular weight excluding hydrogens is 362 g/mol. The van der Waals surface area contributed by atoms with E-state index in [2.05, 4.69) is 15.9 Å². The quantitative estimate of drug-likeness (QED) is 0.455. The molecule has 0 radical (unpaired) electrons. The van der Waals surface area contributed by atoms with E-state index < -0.39 is 10.9 Å². The summed E-state index contributed by atoms with van der Waals surface area (Å²) in [6, 6.07) is 11.0. The van der Waals surface area contributed by atoms with Crippen molar-refractivity contribution in [2.24, 2.45) is 0 Å². The zero-order valence-corrected chi connectivity index (χ0v) is 12.9. The third-order valence-corrected chi connectivity index (χ3v) is 3.54. The van der Waals surface area contributed by atoms with Gasteiger partial charge in [-0.2, -0.15) is 0 Å². The van der Waals surface area contributed by atoms with Crippen LogP contribution < -0.4 is 0 Å². The molecule has 108 valence electrons. The van der Waals surface area contributed by atoms with E-state index >= 15 is 0 Å². The SMILES string of the molecule is O=C(OCc1cccc(Cl)c1)c1ccc(Br)c([N+](=O)[O-])c1. The highest BCUT2D eigenvalue weighted by molar-refractivity contribution is 9.10. The van der Waals surface area contributed by atoms with Gasteiger partial charge in [0.25, 0.3) is 5.69 Å². The zero-order chi connectivity index (χ0) is 15.4. The van der Waals surface area contributed by atoms with Gasteiger partial charge in [-0.15, -0.1) is 0 Å². The van der Waals surface area contributed by atoms with Gasteiger partial charge in [0.2, 0.25) is 0 Å². The number of ether oxygens (including phenoxy) is 1. The van der Waals surface area contributed by atoms with Gasteiger partial charge in [-0.3, -0.25) is 10.1 Å². The van der Waals surface area contributed by atoms with Crippen molar-refractivity contribution >= 4 is 39.2 Å². The maximum atomic E-state index is 11.9. The number of nitro benzene ring substituents is 1. The molecule has 2 rings (SSSR count). The van der Waals surface area contributed by atoms with E-state index in [0.29, 0.717) is 9.50 Å². The lowest BCUT2D eigenvalue weighted by Crippen LogP contribution is -2.06. The van der Waals surface area contributed by atoms with Crippen molar-refractivity contribution in [3.63, 3.8) is 0 Å². The Kier molecular flexibility index (Phi) is 4.93. The Morgan fingerprint density at radius 1 is 1.29 bits per heavy atom. The van der Waals surface area contributed by atoms with Crippen molar-refractivity contribution in [2.75, 3.05) is 0 Å². The Balaban J connectivity index is 2.10. The largest absolute Gasteiger partial charge is 0.457 e. The minimum atomic E-state index is -0.634. The number of rotatable bonds is 4. The van der Waals surface area contributed by atoms with Crippen molar-refractivity contribution in [2.45, 2.75) is 6.61 Å². The Labute approximate surface area is 133 Å². The fourth-order valence-corrected chi connectivity index (χ4v) is 2.24. The highest BCUT2D eigenvalue weighted by Crippen LogP contribution is 2.26. The summed E-state index contributed by atoms with van der Waals surface area (Å²) in [6.45, 7) is 0.0449. The molecule has 0 fully saturated rings. The average Bonchev–Trinajstić information content (AvgIpc) is 2.45. The molecule has 21 heavy (non-hydrogen) atoms. The molecular formula is C14H9BrClNO4. The lowest BCUT2D eigenvalue weighted by molar-refractivity contribution is -0.385. The van der Waals surface area contributed by atoms with Crippen molar-refractivity contribution in [3.8, 4) is 0 Å². The topological polar surface area (TPSA) is 69.4 Å². The average molecular weight is 371 g/mol. The number of carbonyl (C=O) groups excluding carboxylic acids is 1. The number of hydrogen-bond donors (Lipinski definition) is 0. The number of nitro groups is 1. The predicted molar refractivity (Wildman–Crippen MR) is 81.4 cm³/mol. The Morgan fingerprint density at radius 3 is 2.71 bits per heavy atom. The molecule has 0 N–H and O–H groups in total. The van der Waals surface area contributed by atoms with Gasteiger partial charge < -0.3 is 4.74 Å². The van der Waals surface area contributed by atoms with Crippen LogP contribution in [-0.4, -0.2) is 10.9 Å². The molecule has 2 aromatic carbocycles. The molecule has 7 heteroatoms. The number of carbonyl (C=O) groups is 1. The third-order valence-electron chi connectivity index (χ3n) is 2.64. The summed E-state index contributed by atoms with van der Waals surface area (Å²) in [6.07, 6.45) is 0. The van der Waals surface area contributed by atoms with Gasteiger partial charge in [0, 0.05) is 11.1 Å². The molecule has 0 amide bonds. The fourth-order valence-electron chi connectivity index (χ4n) is 1.64. The maximum absolute atomic E-state index is 11.9. The summed E-state index contributed by atoms with van der Waals surface area (Å²) in [5.74, 6) is -0.634. The van der Waals surface area contributed by atoms with Crippen LogP contribution in [0.5, 0.6) is 0 Å². The second kappa shape index (κ2) is 6.69. The summed E-state index contributed by atoms with van der Waals surface area (Å²) >= 11 is 8.88. The van der Waals surface area contributed by atoms with Gasteiger partial charge in [-0.05, 0) is 45.8 Å². The number of nitrogens with zero attached hydrogens (tertiary/aromatic N) is 1. The van der Waals surface area contributed by atoms with Gasteiger partial charge >= 0.3 is 5.97 Å². The number of esters is 1. The zero-order valence-electron chi connectivity index (χ0n) is 10.6. The van der Waals surface area contributed by atoms with E-state index in [4.69, 9.17) is 16.3 Å². The lowest BCUT2D eigenvalue weighted by atomic mass is 10.2. The molecule has 0 spiro atoms. The summed E-state index contributed by atoms with van der Waals surface area (Å²) in [7, 11) is 0. The molecule has 0 heterocycles. The predicted octanol–water partition coefficient (Wildman–Crippen LogP) is 4.37. The highest BCUT2D eigenvalue weighted by Gasteiger charge is 2.16. The van der Waals surface area contributed by atoms with E-state index in [1.54, 1.807) is 24.3 Å². The first-order valence-corrected chi connectivity index (χ1v) is 7.00. The summed E-state index contributed by atoms with van der Waals surface area (Å²) < 4.78 is 5.41.